The molecule has 0 saturated carbocycles. The summed E-state index contributed by atoms with van der Waals surface area (Å²) in [6.45, 7) is 10.4. The second kappa shape index (κ2) is 13.5. The highest BCUT2D eigenvalue weighted by molar-refractivity contribution is 7.89. The van der Waals surface area contributed by atoms with E-state index in [0.717, 1.165) is 42.4 Å². The Hall–Kier alpha value is -2.83. The van der Waals surface area contributed by atoms with Gasteiger partial charge in [-0.2, -0.15) is 8.61 Å². The number of hydrogen-bond donors (Lipinski definition) is 0. The molecule has 3 heterocycles. The molecule has 11 heteroatoms. The van der Waals surface area contributed by atoms with Crippen LogP contribution in [0.15, 0.2) is 58.3 Å². The number of sulfonamides is 2. The minimum absolute atomic E-state index is 0.0289. The van der Waals surface area contributed by atoms with Gasteiger partial charge in [-0.25, -0.2) is 16.8 Å². The Morgan fingerprint density at radius 1 is 0.667 bits per heavy atom. The fourth-order valence-corrected chi connectivity index (χ4v) is 8.76. The molecule has 1 aromatic heterocycles. The molecular formula is C34H45N3O6S2. The monoisotopic (exact) mass is 655 g/mol. The summed E-state index contributed by atoms with van der Waals surface area (Å²) >= 11 is 0. The Morgan fingerprint density at radius 2 is 1.13 bits per heavy atom. The van der Waals surface area contributed by atoms with Gasteiger partial charge in [0.05, 0.1) is 28.6 Å². The van der Waals surface area contributed by atoms with Crippen LogP contribution in [0.2, 0.25) is 0 Å². The third-order valence-corrected chi connectivity index (χ3v) is 12.3. The van der Waals surface area contributed by atoms with Gasteiger partial charge in [-0.15, -0.1) is 0 Å². The highest BCUT2D eigenvalue weighted by Crippen LogP contribution is 2.39. The van der Waals surface area contributed by atoms with Gasteiger partial charge < -0.3 is 9.47 Å². The summed E-state index contributed by atoms with van der Waals surface area (Å²) < 4.78 is 71.5. The van der Waals surface area contributed by atoms with Crippen LogP contribution in [0.1, 0.15) is 86.0 Å². The summed E-state index contributed by atoms with van der Waals surface area (Å²) in [6.07, 6.45) is 5.05. The van der Waals surface area contributed by atoms with Gasteiger partial charge >= 0.3 is 0 Å². The predicted molar refractivity (Wildman–Crippen MR) is 174 cm³/mol. The van der Waals surface area contributed by atoms with Gasteiger partial charge in [-0.1, -0.05) is 61.1 Å². The zero-order valence-corrected chi connectivity index (χ0v) is 28.6. The first-order valence-electron chi connectivity index (χ1n) is 15.8. The van der Waals surface area contributed by atoms with Crippen LogP contribution < -0.4 is 4.74 Å². The molecule has 2 aliphatic rings. The smallest absolute Gasteiger partial charge is 0.243 e. The lowest BCUT2D eigenvalue weighted by Crippen LogP contribution is -2.39. The van der Waals surface area contributed by atoms with E-state index in [9.17, 15) is 16.8 Å². The van der Waals surface area contributed by atoms with Gasteiger partial charge in [-0.05, 0) is 63.4 Å². The second-order valence-corrected chi connectivity index (χ2v) is 16.5. The molecule has 9 nitrogen and oxygen atoms in total. The third kappa shape index (κ3) is 7.60. The molecule has 2 aliphatic heterocycles. The molecule has 0 amide bonds. The summed E-state index contributed by atoms with van der Waals surface area (Å²) in [5.74, 6) is -0.499. The van der Waals surface area contributed by atoms with Crippen LogP contribution in [0.3, 0.4) is 0 Å². The van der Waals surface area contributed by atoms with Crippen molar-refractivity contribution in [1.29, 1.82) is 0 Å². The summed E-state index contributed by atoms with van der Waals surface area (Å²) in [5.41, 5.74) is 4.53. The van der Waals surface area contributed by atoms with Crippen molar-refractivity contribution in [1.82, 2.24) is 13.6 Å². The van der Waals surface area contributed by atoms with Crippen molar-refractivity contribution in [3.05, 3.63) is 82.2 Å². The number of hydrogen-bond acceptors (Lipinski definition) is 7. The maximum atomic E-state index is 14.0. The van der Waals surface area contributed by atoms with Crippen LogP contribution >= 0.6 is 0 Å². The van der Waals surface area contributed by atoms with Crippen molar-refractivity contribution in [3.8, 4) is 5.75 Å². The first-order valence-corrected chi connectivity index (χ1v) is 18.6. The lowest BCUT2D eigenvalue weighted by molar-refractivity contribution is -0.181. The molecule has 3 aromatic rings. The predicted octanol–water partition coefficient (Wildman–Crippen LogP) is 6.39. The molecule has 5 rings (SSSR count). The molecule has 0 aliphatic carbocycles. The van der Waals surface area contributed by atoms with Gasteiger partial charge in [0, 0.05) is 44.7 Å². The van der Waals surface area contributed by atoms with Crippen LogP contribution in [-0.4, -0.2) is 49.3 Å². The van der Waals surface area contributed by atoms with E-state index < -0.39 is 25.8 Å². The minimum Gasteiger partial charge on any atom is -0.461 e. The summed E-state index contributed by atoms with van der Waals surface area (Å²) in [7, 11) is -7.64. The molecule has 0 radical (unpaired) electrons. The van der Waals surface area contributed by atoms with Crippen LogP contribution in [0, 0.1) is 20.8 Å². The maximum Gasteiger partial charge on any atom is 0.243 e. The van der Waals surface area contributed by atoms with Gasteiger partial charge in [0.1, 0.15) is 0 Å². The van der Waals surface area contributed by atoms with Gasteiger partial charge in [0.2, 0.25) is 25.8 Å². The van der Waals surface area contributed by atoms with Crippen molar-refractivity contribution in [3.63, 3.8) is 0 Å². The molecule has 2 bridgehead atoms. The average molecular weight is 656 g/mol. The minimum atomic E-state index is -3.83. The van der Waals surface area contributed by atoms with Gasteiger partial charge in [0.15, 0.2) is 5.75 Å². The van der Waals surface area contributed by atoms with Crippen molar-refractivity contribution in [2.45, 2.75) is 108 Å². The Bertz CT molecular complexity index is 1720. The normalized spacial score (nSPS) is 19.1. The molecule has 244 valence electrons. The van der Waals surface area contributed by atoms with Crippen molar-refractivity contribution < 1.29 is 26.3 Å². The first kappa shape index (κ1) is 33.5. The number of rotatable bonds is 4. The van der Waals surface area contributed by atoms with Crippen LogP contribution in [-0.2, 0) is 44.5 Å². The zero-order valence-electron chi connectivity index (χ0n) is 27.0. The van der Waals surface area contributed by atoms with Gasteiger partial charge in [-0.3, -0.25) is 4.98 Å². The fraction of sp³-hybridized carbons (Fsp3) is 0.500. The number of ether oxygens (including phenoxy) is 2. The lowest BCUT2D eigenvalue weighted by atomic mass is 10.0. The molecule has 0 N–H and O–H groups in total. The molecule has 0 fully saturated rings. The third-order valence-electron chi connectivity index (χ3n) is 8.59. The molecule has 0 spiro atoms. The fourth-order valence-electron chi connectivity index (χ4n) is 5.88. The number of aryl methyl sites for hydroxylation is 3. The number of fused-ring (bicyclic) bond motifs is 6. The Balaban J connectivity index is 1.61. The van der Waals surface area contributed by atoms with Crippen LogP contribution in [0.5, 0.6) is 5.75 Å². The molecule has 0 unspecified atom stereocenters. The largest absolute Gasteiger partial charge is 0.461 e. The molecule has 2 aromatic carbocycles. The molecule has 0 saturated heterocycles. The molecule has 45 heavy (non-hydrogen) atoms. The van der Waals surface area contributed by atoms with E-state index in [2.05, 4.69) is 0 Å². The van der Waals surface area contributed by atoms with Crippen molar-refractivity contribution in [2.24, 2.45) is 0 Å². The zero-order chi connectivity index (χ0) is 32.4. The Kier molecular flexibility index (Phi) is 10.1. The average Bonchev–Trinajstić information content (AvgIpc) is 2.98. The van der Waals surface area contributed by atoms with E-state index in [1.54, 1.807) is 42.4 Å². The lowest BCUT2D eigenvalue weighted by Gasteiger charge is -2.36. The Morgan fingerprint density at radius 3 is 1.64 bits per heavy atom. The summed E-state index contributed by atoms with van der Waals surface area (Å²) in [6, 6.07) is 13.9. The number of pyridine rings is 1. The highest BCUT2D eigenvalue weighted by atomic mass is 32.2. The Labute approximate surface area is 268 Å². The SMILES string of the molecule is Cc1ccc(S(=O)(=O)N2CCCCCCCCN(S(=O)(=O)c3ccc(C)cc3)Cc3c(C)nc(c4c3COC(C)(C)O4)C2)cc1. The highest BCUT2D eigenvalue weighted by Gasteiger charge is 2.36. The maximum absolute atomic E-state index is 14.0. The van der Waals surface area contributed by atoms with E-state index in [0.29, 0.717) is 48.6 Å². The van der Waals surface area contributed by atoms with Crippen molar-refractivity contribution >= 4 is 20.0 Å². The number of nitrogens with zero attached hydrogens (tertiary/aromatic N) is 3. The molecular weight excluding hydrogens is 611 g/mol. The summed E-state index contributed by atoms with van der Waals surface area (Å²) in [4.78, 5) is 5.42. The van der Waals surface area contributed by atoms with E-state index in [1.165, 1.54) is 4.31 Å². The standard InChI is InChI=1S/C34H45N3O6S2/c1-25-12-16-28(17-13-25)44(38,39)36-20-10-8-6-7-9-11-21-37(45(40,41)29-18-14-26(2)15-19-29)23-32-33-31(24-42-34(4,5)43-33)30(22-36)27(3)35-32/h12-19H,6-11,20-24H2,1-5H3. The van der Waals surface area contributed by atoms with Gasteiger partial charge in [0.25, 0.3) is 0 Å². The van der Waals surface area contributed by atoms with E-state index >= 15 is 0 Å². The topological polar surface area (TPSA) is 106 Å². The first-order chi connectivity index (χ1) is 21.3. The number of aromatic nitrogens is 1. The van der Waals surface area contributed by atoms with Crippen LogP contribution in [0.4, 0.5) is 0 Å². The van der Waals surface area contributed by atoms with E-state index in [-0.39, 0.29) is 29.5 Å². The quantitative estimate of drug-likeness (QED) is 0.321. The summed E-state index contributed by atoms with van der Waals surface area (Å²) in [5, 5.41) is 0. The number of benzene rings is 2. The van der Waals surface area contributed by atoms with Crippen LogP contribution in [0.25, 0.3) is 0 Å². The van der Waals surface area contributed by atoms with E-state index in [1.807, 2.05) is 45.0 Å². The second-order valence-electron chi connectivity index (χ2n) is 12.6. The van der Waals surface area contributed by atoms with E-state index in [4.69, 9.17) is 14.5 Å². The molecule has 0 atom stereocenters. The van der Waals surface area contributed by atoms with Crippen molar-refractivity contribution in [2.75, 3.05) is 13.1 Å².